The lowest BCUT2D eigenvalue weighted by atomic mass is 9.96. The fourth-order valence-electron chi connectivity index (χ4n) is 2.26. The van der Waals surface area contributed by atoms with Gasteiger partial charge in [0.25, 0.3) is 5.92 Å². The molecule has 0 heterocycles. The van der Waals surface area contributed by atoms with Crippen LogP contribution in [0.1, 0.15) is 38.7 Å². The molecule has 0 fully saturated rings. The third-order valence-electron chi connectivity index (χ3n) is 4.57. The van der Waals surface area contributed by atoms with Crippen LogP contribution in [-0.2, 0) is 4.43 Å². The van der Waals surface area contributed by atoms with Gasteiger partial charge in [-0.15, -0.1) is 0 Å². The molecule has 1 atom stereocenters. The van der Waals surface area contributed by atoms with Crippen molar-refractivity contribution < 1.29 is 13.2 Å². The van der Waals surface area contributed by atoms with Crippen molar-refractivity contribution in [3.63, 3.8) is 0 Å². The van der Waals surface area contributed by atoms with Crippen LogP contribution in [0.4, 0.5) is 8.78 Å². The molecule has 1 aliphatic carbocycles. The molecule has 1 aromatic carbocycles. The van der Waals surface area contributed by atoms with Gasteiger partial charge in [-0.2, -0.15) is 0 Å². The van der Waals surface area contributed by atoms with E-state index in [0.717, 1.165) is 0 Å². The Morgan fingerprint density at radius 1 is 1.14 bits per heavy atom. The van der Waals surface area contributed by atoms with E-state index in [1.165, 1.54) is 0 Å². The van der Waals surface area contributed by atoms with Gasteiger partial charge in [0.1, 0.15) is 0 Å². The maximum atomic E-state index is 14.3. The van der Waals surface area contributed by atoms with E-state index in [1.807, 2.05) is 6.07 Å². The fourth-order valence-corrected chi connectivity index (χ4v) is 3.36. The van der Waals surface area contributed by atoms with Crippen molar-refractivity contribution in [1.29, 1.82) is 0 Å². The first-order chi connectivity index (χ1) is 9.53. The second-order valence-electron chi connectivity index (χ2n) is 7.32. The smallest absolute Gasteiger partial charge is 0.265 e. The highest BCUT2D eigenvalue weighted by atomic mass is 28.4. The minimum Gasteiger partial charge on any atom is -0.547 e. The highest BCUT2D eigenvalue weighted by molar-refractivity contribution is 6.74. The predicted molar refractivity (Wildman–Crippen MR) is 85.1 cm³/mol. The largest absolute Gasteiger partial charge is 0.547 e. The van der Waals surface area contributed by atoms with E-state index >= 15 is 0 Å². The average molecular weight is 310 g/mol. The number of allylic oxidation sites excluding steroid dienone is 2. The van der Waals surface area contributed by atoms with Crippen LogP contribution in [0.5, 0.6) is 0 Å². The minimum atomic E-state index is -2.76. The lowest BCUT2D eigenvalue weighted by Gasteiger charge is -2.37. The van der Waals surface area contributed by atoms with Gasteiger partial charge in [-0.25, -0.2) is 8.78 Å². The van der Waals surface area contributed by atoms with Crippen molar-refractivity contribution in [2.75, 3.05) is 0 Å². The molecule has 0 spiro atoms. The van der Waals surface area contributed by atoms with E-state index in [0.29, 0.717) is 11.3 Å². The third kappa shape index (κ3) is 3.36. The predicted octanol–water partition coefficient (Wildman–Crippen LogP) is 5.71. The van der Waals surface area contributed by atoms with Crippen LogP contribution in [0.25, 0.3) is 0 Å². The highest BCUT2D eigenvalue weighted by Gasteiger charge is 2.48. The Labute approximate surface area is 127 Å². The van der Waals surface area contributed by atoms with Crippen LogP contribution in [0, 0.1) is 0 Å². The minimum absolute atomic E-state index is 0.00790. The Balaban J connectivity index is 2.24. The van der Waals surface area contributed by atoms with Crippen LogP contribution in [0.15, 0.2) is 42.2 Å². The van der Waals surface area contributed by atoms with Crippen LogP contribution >= 0.6 is 0 Å². The van der Waals surface area contributed by atoms with Crippen molar-refractivity contribution in [2.45, 2.75) is 57.2 Å². The summed E-state index contributed by atoms with van der Waals surface area (Å²) in [4.78, 5) is 0. The summed E-state index contributed by atoms with van der Waals surface area (Å²) in [5.74, 6) is -3.18. The number of hydrogen-bond acceptors (Lipinski definition) is 1. The lowest BCUT2D eigenvalue weighted by molar-refractivity contribution is -0.00784. The quantitative estimate of drug-likeness (QED) is 0.649. The monoisotopic (exact) mass is 310 g/mol. The van der Waals surface area contributed by atoms with Crippen LogP contribution in [-0.4, -0.2) is 14.2 Å². The summed E-state index contributed by atoms with van der Waals surface area (Å²) < 4.78 is 34.7. The van der Waals surface area contributed by atoms with Gasteiger partial charge >= 0.3 is 0 Å². The van der Waals surface area contributed by atoms with Crippen molar-refractivity contribution in [2.24, 2.45) is 0 Å². The summed E-state index contributed by atoms with van der Waals surface area (Å²) in [6.07, 6.45) is 1.33. The van der Waals surface area contributed by atoms with Gasteiger partial charge in [0.2, 0.25) is 8.32 Å². The molecule has 1 aliphatic rings. The molecule has 0 radical (unpaired) electrons. The van der Waals surface area contributed by atoms with Gasteiger partial charge in [0.05, 0.1) is 18.1 Å². The van der Waals surface area contributed by atoms with Crippen molar-refractivity contribution in [1.82, 2.24) is 0 Å². The van der Waals surface area contributed by atoms with Crippen molar-refractivity contribution in [3.8, 4) is 0 Å². The maximum absolute atomic E-state index is 14.3. The zero-order chi connectivity index (χ0) is 15.9. The molecule has 116 valence electrons. The zero-order valence-electron chi connectivity index (χ0n) is 13.4. The number of benzene rings is 1. The summed E-state index contributed by atoms with van der Waals surface area (Å²) in [6, 6.07) is 8.94. The zero-order valence-corrected chi connectivity index (χ0v) is 14.4. The van der Waals surface area contributed by atoms with Gasteiger partial charge in [-0.05, 0) is 29.8 Å². The molecule has 0 saturated carbocycles. The average Bonchev–Trinajstić information content (AvgIpc) is 2.63. The van der Waals surface area contributed by atoms with Crippen LogP contribution in [0.2, 0.25) is 18.1 Å². The number of rotatable bonds is 3. The highest BCUT2D eigenvalue weighted by Crippen LogP contribution is 2.48. The second kappa shape index (κ2) is 5.23. The summed E-state index contributed by atoms with van der Waals surface area (Å²) >= 11 is 0. The molecular formula is C17H24F2OSi. The number of alkyl halides is 2. The Hall–Kier alpha value is -1.16. The summed E-state index contributed by atoms with van der Waals surface area (Å²) in [5.41, 5.74) is 0.649. The molecule has 0 saturated heterocycles. The first-order valence-corrected chi connectivity index (χ1v) is 10.3. The Morgan fingerprint density at radius 3 is 2.24 bits per heavy atom. The summed E-state index contributed by atoms with van der Waals surface area (Å²) in [7, 11) is -2.06. The molecule has 0 amide bonds. The Kier molecular flexibility index (Phi) is 4.04. The molecule has 1 unspecified atom stereocenters. The molecule has 2 rings (SSSR count). The number of hydrogen-bond donors (Lipinski definition) is 0. The van der Waals surface area contributed by atoms with Gasteiger partial charge < -0.3 is 4.43 Å². The second-order valence-corrected chi connectivity index (χ2v) is 12.0. The van der Waals surface area contributed by atoms with Crippen LogP contribution < -0.4 is 0 Å². The Morgan fingerprint density at radius 2 is 1.71 bits per heavy atom. The van der Waals surface area contributed by atoms with Crippen molar-refractivity contribution >= 4 is 8.32 Å². The van der Waals surface area contributed by atoms with E-state index in [1.54, 1.807) is 30.3 Å². The van der Waals surface area contributed by atoms with Gasteiger partial charge in [-0.3, -0.25) is 0 Å². The summed E-state index contributed by atoms with van der Waals surface area (Å²) in [5, 5.41) is 0.00790. The normalized spacial score (nSPS) is 22.0. The van der Waals surface area contributed by atoms with Gasteiger partial charge in [0, 0.05) is 0 Å². The van der Waals surface area contributed by atoms with E-state index in [4.69, 9.17) is 4.43 Å². The molecule has 0 aliphatic heterocycles. The standard InChI is InChI=1S/C17H24F2OSi/c1-16(2,3)21(4,5)20-14-11-15(17(18,19)12-14)13-9-7-6-8-10-13/h6-11,15H,12H2,1-5H3. The SMILES string of the molecule is CC(C)(C)[Si](C)(C)OC1=CC(c2ccccc2)C(F)(F)C1. The van der Waals surface area contributed by atoms with E-state index in [-0.39, 0.29) is 11.5 Å². The fraction of sp³-hybridized carbons (Fsp3) is 0.529. The van der Waals surface area contributed by atoms with E-state index < -0.39 is 20.2 Å². The Bertz CT molecular complexity index is 529. The molecule has 1 nitrogen and oxygen atoms in total. The van der Waals surface area contributed by atoms with Gasteiger partial charge in [0.15, 0.2) is 0 Å². The first kappa shape index (κ1) is 16.2. The first-order valence-electron chi connectivity index (χ1n) is 7.35. The third-order valence-corrected chi connectivity index (χ3v) is 8.95. The molecule has 21 heavy (non-hydrogen) atoms. The van der Waals surface area contributed by atoms with Gasteiger partial charge in [-0.1, -0.05) is 51.1 Å². The van der Waals surface area contributed by atoms with Crippen molar-refractivity contribution in [3.05, 3.63) is 47.7 Å². The van der Waals surface area contributed by atoms with E-state index in [2.05, 4.69) is 33.9 Å². The van der Waals surface area contributed by atoms with E-state index in [9.17, 15) is 8.78 Å². The maximum Gasteiger partial charge on any atom is 0.265 e. The van der Waals surface area contributed by atoms with Crippen LogP contribution in [0.3, 0.4) is 0 Å². The topological polar surface area (TPSA) is 9.23 Å². The number of halogens is 2. The molecule has 4 heteroatoms. The molecule has 0 N–H and O–H groups in total. The lowest BCUT2D eigenvalue weighted by Crippen LogP contribution is -2.40. The molecule has 0 bridgehead atoms. The molecule has 0 aromatic heterocycles. The summed E-state index contributed by atoms with van der Waals surface area (Å²) in [6.45, 7) is 10.5. The molecular weight excluding hydrogens is 286 g/mol. The molecule has 1 aromatic rings.